The number of carbonyl (C=O) groups excluding carboxylic acids is 1. The molecule has 1 aromatic carbocycles. The van der Waals surface area contributed by atoms with E-state index in [2.05, 4.69) is 0 Å². The van der Waals surface area contributed by atoms with Gasteiger partial charge in [0.2, 0.25) is 0 Å². The highest BCUT2D eigenvalue weighted by atomic mass is 35.5. The molecule has 2 unspecified atom stereocenters. The normalized spacial score (nSPS) is 19.9. The third-order valence-corrected chi connectivity index (χ3v) is 3.28. The molecule has 1 saturated heterocycles. The van der Waals surface area contributed by atoms with E-state index in [9.17, 15) is 10.1 Å². The van der Waals surface area contributed by atoms with E-state index in [0.717, 1.165) is 0 Å². The van der Waals surface area contributed by atoms with E-state index in [0.29, 0.717) is 29.5 Å². The van der Waals surface area contributed by atoms with Crippen molar-refractivity contribution in [3.05, 3.63) is 28.8 Å². The Hall–Kier alpha value is -1.61. The van der Waals surface area contributed by atoms with Crippen LogP contribution in [0.1, 0.15) is 11.5 Å². The first-order valence-corrected chi connectivity index (χ1v) is 6.51. The zero-order chi connectivity index (χ0) is 14.5. The molecule has 0 saturated carbocycles. The van der Waals surface area contributed by atoms with Crippen LogP contribution in [0.3, 0.4) is 0 Å². The van der Waals surface area contributed by atoms with E-state index >= 15 is 0 Å². The van der Waals surface area contributed by atoms with Crippen molar-refractivity contribution in [3.63, 3.8) is 0 Å². The van der Waals surface area contributed by atoms with Crippen molar-refractivity contribution in [1.29, 1.82) is 5.26 Å². The number of ether oxygens (including phenoxy) is 3. The average molecular weight is 296 g/mol. The lowest BCUT2D eigenvalue weighted by Gasteiger charge is -2.24. The first-order valence-electron chi connectivity index (χ1n) is 6.13. The van der Waals surface area contributed by atoms with Crippen molar-refractivity contribution >= 4 is 17.4 Å². The molecule has 2 atom stereocenters. The predicted octanol–water partition coefficient (Wildman–Crippen LogP) is 1.94. The third-order valence-electron chi connectivity index (χ3n) is 3.05. The highest BCUT2D eigenvalue weighted by Crippen LogP contribution is 2.31. The van der Waals surface area contributed by atoms with Gasteiger partial charge in [0.1, 0.15) is 17.8 Å². The molecule has 0 aliphatic carbocycles. The van der Waals surface area contributed by atoms with Crippen molar-refractivity contribution in [3.8, 4) is 11.8 Å². The summed E-state index contributed by atoms with van der Waals surface area (Å²) in [6, 6.07) is 6.83. The Kier molecular flexibility index (Phi) is 4.96. The number of rotatable bonds is 4. The zero-order valence-corrected chi connectivity index (χ0v) is 11.7. The molecule has 6 heteroatoms. The number of nitrogens with zero attached hydrogens (tertiary/aromatic N) is 1. The van der Waals surface area contributed by atoms with E-state index in [1.807, 2.05) is 6.07 Å². The Morgan fingerprint density at radius 1 is 1.55 bits per heavy atom. The summed E-state index contributed by atoms with van der Waals surface area (Å²) in [5.74, 6) is -0.880. The van der Waals surface area contributed by atoms with Gasteiger partial charge in [-0.05, 0) is 18.2 Å². The number of carbonyl (C=O) groups is 1. The van der Waals surface area contributed by atoms with Crippen LogP contribution in [0, 0.1) is 11.3 Å². The van der Waals surface area contributed by atoms with Crippen molar-refractivity contribution in [2.24, 2.45) is 0 Å². The summed E-state index contributed by atoms with van der Waals surface area (Å²) in [4.78, 5) is 12.4. The molecule has 1 heterocycles. The monoisotopic (exact) mass is 295 g/mol. The second-order valence-electron chi connectivity index (χ2n) is 4.29. The van der Waals surface area contributed by atoms with E-state index in [1.54, 1.807) is 18.2 Å². The fraction of sp³-hybridized carbons (Fsp3) is 0.429. The van der Waals surface area contributed by atoms with Gasteiger partial charge in [-0.3, -0.25) is 4.79 Å². The molecule has 0 aromatic heterocycles. The maximum Gasteiger partial charge on any atom is 0.185 e. The molecule has 1 aliphatic rings. The minimum absolute atomic E-state index is 0.167. The van der Waals surface area contributed by atoms with E-state index in [4.69, 9.17) is 25.8 Å². The van der Waals surface area contributed by atoms with Gasteiger partial charge in [0.25, 0.3) is 0 Å². The molecule has 0 amide bonds. The zero-order valence-electron chi connectivity index (χ0n) is 11.0. The second-order valence-corrected chi connectivity index (χ2v) is 4.72. The van der Waals surface area contributed by atoms with Gasteiger partial charge in [0, 0.05) is 10.6 Å². The summed E-state index contributed by atoms with van der Waals surface area (Å²) >= 11 is 5.93. The van der Waals surface area contributed by atoms with Crippen LogP contribution in [-0.2, 0) is 14.3 Å². The summed E-state index contributed by atoms with van der Waals surface area (Å²) in [6.45, 7) is 0.975. The fourth-order valence-corrected chi connectivity index (χ4v) is 2.24. The Bertz CT molecular complexity index is 534. The molecule has 0 spiro atoms. The Morgan fingerprint density at radius 3 is 2.95 bits per heavy atom. The molecule has 20 heavy (non-hydrogen) atoms. The van der Waals surface area contributed by atoms with E-state index in [-0.39, 0.29) is 12.4 Å². The van der Waals surface area contributed by atoms with Crippen LogP contribution < -0.4 is 4.74 Å². The van der Waals surface area contributed by atoms with E-state index < -0.39 is 12.0 Å². The van der Waals surface area contributed by atoms with Crippen LogP contribution in [0.15, 0.2) is 18.2 Å². The van der Waals surface area contributed by atoms with Crippen LogP contribution >= 0.6 is 11.6 Å². The smallest absolute Gasteiger partial charge is 0.185 e. The van der Waals surface area contributed by atoms with Crippen LogP contribution in [0.4, 0.5) is 0 Å². The number of hydrogen-bond acceptors (Lipinski definition) is 5. The summed E-state index contributed by atoms with van der Waals surface area (Å²) in [5.41, 5.74) is 0.446. The fourth-order valence-electron chi connectivity index (χ4n) is 2.06. The summed E-state index contributed by atoms with van der Waals surface area (Å²) < 4.78 is 15.7. The third kappa shape index (κ3) is 3.10. The molecule has 5 nitrogen and oxygen atoms in total. The van der Waals surface area contributed by atoms with Crippen LogP contribution in [0.2, 0.25) is 5.02 Å². The summed E-state index contributed by atoms with van der Waals surface area (Å²) in [6.07, 6.45) is -0.725. The van der Waals surface area contributed by atoms with Gasteiger partial charge < -0.3 is 14.2 Å². The molecule has 2 rings (SSSR count). The summed E-state index contributed by atoms with van der Waals surface area (Å²) in [5, 5.41) is 9.77. The molecule has 0 radical (unpaired) electrons. The van der Waals surface area contributed by atoms with Gasteiger partial charge in [-0.1, -0.05) is 11.6 Å². The molecule has 0 bridgehead atoms. The number of nitriles is 1. The quantitative estimate of drug-likeness (QED) is 0.849. The lowest BCUT2D eigenvalue weighted by Crippen LogP contribution is -2.38. The molecule has 106 valence electrons. The number of Topliss-reactive ketones (excluding diaryl/α,β-unsaturated/α-hetero) is 1. The maximum atomic E-state index is 12.4. The number of ketones is 1. The van der Waals surface area contributed by atoms with Crippen molar-refractivity contribution in [2.75, 3.05) is 26.9 Å². The Labute approximate surface area is 122 Å². The van der Waals surface area contributed by atoms with Crippen LogP contribution in [0.5, 0.6) is 5.75 Å². The van der Waals surface area contributed by atoms with Gasteiger partial charge in [-0.25, -0.2) is 0 Å². The number of methoxy groups -OCH3 is 1. The predicted molar refractivity (Wildman–Crippen MR) is 71.9 cm³/mol. The van der Waals surface area contributed by atoms with Crippen molar-refractivity contribution < 1.29 is 19.0 Å². The highest BCUT2D eigenvalue weighted by molar-refractivity contribution is 6.30. The molecular weight excluding hydrogens is 282 g/mol. The molecule has 1 aliphatic heterocycles. The minimum atomic E-state index is -0.990. The SMILES string of the molecule is COc1ccc(Cl)cc1C(C#N)C(=O)C1COCCO1. The van der Waals surface area contributed by atoms with Gasteiger partial charge >= 0.3 is 0 Å². The van der Waals surface area contributed by atoms with Crippen molar-refractivity contribution in [2.45, 2.75) is 12.0 Å². The lowest BCUT2D eigenvalue weighted by atomic mass is 9.92. The second kappa shape index (κ2) is 6.71. The molecule has 1 fully saturated rings. The molecular formula is C14H14ClNO4. The molecule has 0 N–H and O–H groups in total. The van der Waals surface area contributed by atoms with E-state index in [1.165, 1.54) is 7.11 Å². The standard InChI is InChI=1S/C14H14ClNO4/c1-18-12-3-2-9(15)6-10(12)11(7-16)14(17)13-8-19-4-5-20-13/h2-3,6,11,13H,4-5,8H2,1H3. The largest absolute Gasteiger partial charge is 0.496 e. The Morgan fingerprint density at radius 2 is 2.35 bits per heavy atom. The maximum absolute atomic E-state index is 12.4. The highest BCUT2D eigenvalue weighted by Gasteiger charge is 2.32. The van der Waals surface area contributed by atoms with Gasteiger partial charge in [-0.2, -0.15) is 5.26 Å². The van der Waals surface area contributed by atoms with Gasteiger partial charge in [0.05, 0.1) is 33.0 Å². The first-order chi connectivity index (χ1) is 9.67. The van der Waals surface area contributed by atoms with Crippen LogP contribution in [-0.4, -0.2) is 38.8 Å². The van der Waals surface area contributed by atoms with Gasteiger partial charge in [-0.15, -0.1) is 0 Å². The number of hydrogen-bond donors (Lipinski definition) is 0. The van der Waals surface area contributed by atoms with Crippen molar-refractivity contribution in [1.82, 2.24) is 0 Å². The summed E-state index contributed by atoms with van der Waals surface area (Å²) in [7, 11) is 1.48. The van der Waals surface area contributed by atoms with Crippen LogP contribution in [0.25, 0.3) is 0 Å². The lowest BCUT2D eigenvalue weighted by molar-refractivity contribution is -0.145. The minimum Gasteiger partial charge on any atom is -0.496 e. The number of halogens is 1. The molecule has 1 aromatic rings. The average Bonchev–Trinajstić information content (AvgIpc) is 2.49. The topological polar surface area (TPSA) is 68.5 Å². The first kappa shape index (κ1) is 14.8. The van der Waals surface area contributed by atoms with Gasteiger partial charge in [0.15, 0.2) is 5.78 Å². The number of benzene rings is 1. The Balaban J connectivity index is 2.30.